The molecule has 11 heteroatoms. The molecule has 55 heavy (non-hydrogen) atoms. The monoisotopic (exact) mass is 745 g/mol. The zero-order chi connectivity index (χ0) is 38.9. The molecule has 0 bridgehead atoms. The maximum absolute atomic E-state index is 13.7. The molecular formula is C44H51N5O6. The number of rotatable bonds is 16. The van der Waals surface area contributed by atoms with Crippen molar-refractivity contribution < 1.29 is 29.3 Å². The maximum Gasteiger partial charge on any atom is 0.325 e. The van der Waals surface area contributed by atoms with E-state index in [9.17, 15) is 24.6 Å². The van der Waals surface area contributed by atoms with E-state index < -0.39 is 17.6 Å². The molecule has 1 amide bonds. The molecule has 2 aromatic heterocycles. The van der Waals surface area contributed by atoms with Crippen molar-refractivity contribution in [1.29, 1.82) is 0 Å². The number of ether oxygens (including phenoxy) is 1. The van der Waals surface area contributed by atoms with Gasteiger partial charge in [-0.25, -0.2) is 0 Å². The third-order valence-corrected chi connectivity index (χ3v) is 11.1. The number of Topliss-reactive ketones (excluding diaryl/α,β-unsaturated/α-hetero) is 1. The molecule has 3 heterocycles. The van der Waals surface area contributed by atoms with Gasteiger partial charge < -0.3 is 20.3 Å². The lowest BCUT2D eigenvalue weighted by Gasteiger charge is -2.44. The highest BCUT2D eigenvalue weighted by Crippen LogP contribution is 2.43. The highest BCUT2D eigenvalue weighted by atomic mass is 16.5. The smallest absolute Gasteiger partial charge is 0.325 e. The Labute approximate surface area is 322 Å². The second-order valence-corrected chi connectivity index (χ2v) is 15.7. The lowest BCUT2D eigenvalue weighted by molar-refractivity contribution is -0.146. The van der Waals surface area contributed by atoms with Crippen LogP contribution in [0.4, 0.5) is 5.69 Å². The fourth-order valence-electron chi connectivity index (χ4n) is 7.75. The molecule has 1 aliphatic heterocycles. The van der Waals surface area contributed by atoms with Gasteiger partial charge in [0.1, 0.15) is 17.4 Å². The van der Waals surface area contributed by atoms with E-state index in [1.807, 2.05) is 75.5 Å². The molecule has 4 aromatic rings. The third kappa shape index (κ3) is 8.86. The highest BCUT2D eigenvalue weighted by Gasteiger charge is 2.37. The number of amides is 1. The number of carbonyl (C=O) groups is 3. The molecule has 4 N–H and O–H groups in total. The molecule has 0 radical (unpaired) electrons. The summed E-state index contributed by atoms with van der Waals surface area (Å²) in [5, 5.41) is 26.1. The fraction of sp³-hybridized carbons (Fsp3) is 0.432. The van der Waals surface area contributed by atoms with Gasteiger partial charge in [-0.3, -0.25) is 34.6 Å². The summed E-state index contributed by atoms with van der Waals surface area (Å²) in [6.07, 6.45) is 7.98. The Balaban J connectivity index is 1.05. The molecule has 288 valence electrons. The fourth-order valence-corrected chi connectivity index (χ4v) is 7.75. The van der Waals surface area contributed by atoms with Crippen LogP contribution in [0, 0.1) is 13.8 Å². The van der Waals surface area contributed by atoms with Gasteiger partial charge in [-0.05, 0) is 133 Å². The number of hydrogen-bond acceptors (Lipinski definition) is 10. The molecule has 11 nitrogen and oxygen atoms in total. The van der Waals surface area contributed by atoms with Crippen molar-refractivity contribution in [2.75, 3.05) is 31.6 Å². The van der Waals surface area contributed by atoms with Crippen LogP contribution in [0.25, 0.3) is 11.1 Å². The second kappa shape index (κ2) is 16.1. The molecule has 3 aliphatic rings. The summed E-state index contributed by atoms with van der Waals surface area (Å²) in [6, 6.07) is 14.8. The van der Waals surface area contributed by atoms with Crippen molar-refractivity contribution in [1.82, 2.24) is 20.2 Å². The number of carbonyl (C=O) groups excluding carboxylic acids is 3. The Morgan fingerprint density at radius 3 is 2.16 bits per heavy atom. The van der Waals surface area contributed by atoms with Gasteiger partial charge in [-0.1, -0.05) is 30.3 Å². The van der Waals surface area contributed by atoms with Gasteiger partial charge in [0.05, 0.1) is 18.8 Å². The number of hydrogen-bond donors (Lipinski definition) is 4. The zero-order valence-corrected chi connectivity index (χ0v) is 32.2. The highest BCUT2D eigenvalue weighted by molar-refractivity contribution is 6.04. The largest absolute Gasteiger partial charge is 0.465 e. The number of benzene rings is 2. The first kappa shape index (κ1) is 38.5. The van der Waals surface area contributed by atoms with Crippen LogP contribution in [-0.2, 0) is 29.0 Å². The van der Waals surface area contributed by atoms with E-state index >= 15 is 0 Å². The van der Waals surface area contributed by atoms with Crippen LogP contribution in [0.15, 0.2) is 60.9 Å². The number of anilines is 1. The number of nitrogens with one attached hydrogen (secondary N) is 2. The van der Waals surface area contributed by atoms with Crippen LogP contribution < -0.4 is 10.6 Å². The van der Waals surface area contributed by atoms with E-state index in [1.54, 1.807) is 13.1 Å². The average molecular weight is 746 g/mol. The van der Waals surface area contributed by atoms with Crippen molar-refractivity contribution in [3.63, 3.8) is 0 Å². The minimum Gasteiger partial charge on any atom is -0.465 e. The average Bonchev–Trinajstić information content (AvgIpc) is 4.08. The topological polar surface area (TPSA) is 154 Å². The number of nitrogens with zero attached hydrogens (tertiary/aromatic N) is 3. The van der Waals surface area contributed by atoms with Crippen LogP contribution >= 0.6 is 0 Å². The predicted molar refractivity (Wildman–Crippen MR) is 210 cm³/mol. The van der Waals surface area contributed by atoms with Crippen LogP contribution in [-0.4, -0.2) is 80.7 Å². The molecule has 2 aliphatic carbocycles. The molecule has 3 fully saturated rings. The Bertz CT molecular complexity index is 2100. The summed E-state index contributed by atoms with van der Waals surface area (Å²) >= 11 is 0. The lowest BCUT2D eigenvalue weighted by Crippen LogP contribution is -2.59. The SMILES string of the molecule is CCOC(=O)[C@@H](CO)NCc1cnc(C(=O)Cc2cccc(-c3cccc(NC(=O)c4cc(C5CC5)c(CN5CC(C)(O)C5)cn4)c3C)c2C)cc1C1CC1. The number of aliphatic hydroxyl groups excluding tert-OH is 1. The summed E-state index contributed by atoms with van der Waals surface area (Å²) in [4.78, 5) is 50.8. The van der Waals surface area contributed by atoms with Crippen LogP contribution in [0.1, 0.15) is 111 Å². The van der Waals surface area contributed by atoms with E-state index in [0.29, 0.717) is 48.5 Å². The van der Waals surface area contributed by atoms with Gasteiger partial charge in [0.2, 0.25) is 0 Å². The number of esters is 1. The second-order valence-electron chi connectivity index (χ2n) is 15.7. The summed E-state index contributed by atoms with van der Waals surface area (Å²) in [6.45, 7) is 9.75. The summed E-state index contributed by atoms with van der Waals surface area (Å²) in [5.41, 5.74) is 9.83. The van der Waals surface area contributed by atoms with Crippen molar-refractivity contribution in [2.24, 2.45) is 0 Å². The minimum atomic E-state index is -0.833. The van der Waals surface area contributed by atoms with E-state index in [-0.39, 0.29) is 31.3 Å². The quantitative estimate of drug-likeness (QED) is 0.0821. The molecule has 1 saturated heterocycles. The standard InChI is InChI=1S/C44H51N5O6/c1-5-55-43(53)40(23-50)47-20-31-19-45-38(17-35(31)28-12-13-28)41(51)16-30-8-6-9-33(26(30)2)34-10-7-11-37(27(34)3)48-42(52)39-18-36(29-14-15-29)32(21-46-39)22-49-24-44(4,54)25-49/h6-11,17-19,21,28-29,40,47,50,54H,5,12-16,20,22-25H2,1-4H3,(H,48,52)/t40-/m1/s1. The minimum absolute atomic E-state index is 0.0833. The van der Waals surface area contributed by atoms with Gasteiger partial charge in [0, 0.05) is 50.7 Å². The number of aromatic nitrogens is 2. The summed E-state index contributed by atoms with van der Waals surface area (Å²) in [5.74, 6) is -0.0596. The van der Waals surface area contributed by atoms with Crippen molar-refractivity contribution in [3.05, 3.63) is 111 Å². The van der Waals surface area contributed by atoms with E-state index in [0.717, 1.165) is 76.7 Å². The first-order chi connectivity index (χ1) is 26.4. The number of β-amino-alcohol motifs (C(OH)–C–C–N with tert-alkyl or cyclic N) is 1. The van der Waals surface area contributed by atoms with Crippen molar-refractivity contribution >= 4 is 23.3 Å². The van der Waals surface area contributed by atoms with Crippen molar-refractivity contribution in [3.8, 4) is 11.1 Å². The summed E-state index contributed by atoms with van der Waals surface area (Å²) in [7, 11) is 0. The zero-order valence-electron chi connectivity index (χ0n) is 32.2. The van der Waals surface area contributed by atoms with Gasteiger partial charge in [-0.15, -0.1) is 0 Å². The van der Waals surface area contributed by atoms with Crippen LogP contribution in [0.3, 0.4) is 0 Å². The molecule has 1 atom stereocenters. The van der Waals surface area contributed by atoms with E-state index in [1.165, 1.54) is 5.56 Å². The van der Waals surface area contributed by atoms with E-state index in [2.05, 4.69) is 25.5 Å². The Morgan fingerprint density at radius 1 is 0.891 bits per heavy atom. The normalized spacial score (nSPS) is 17.0. The lowest BCUT2D eigenvalue weighted by atomic mass is 9.90. The van der Waals surface area contributed by atoms with Gasteiger partial charge in [0.25, 0.3) is 5.91 Å². The Hall–Kier alpha value is -4.81. The third-order valence-electron chi connectivity index (χ3n) is 11.1. The molecule has 0 spiro atoms. The Kier molecular flexibility index (Phi) is 11.3. The Morgan fingerprint density at radius 2 is 1.51 bits per heavy atom. The molecule has 2 aromatic carbocycles. The van der Waals surface area contributed by atoms with E-state index in [4.69, 9.17) is 4.74 Å². The van der Waals surface area contributed by atoms with Crippen LogP contribution in [0.5, 0.6) is 0 Å². The first-order valence-electron chi connectivity index (χ1n) is 19.4. The maximum atomic E-state index is 13.7. The number of pyridine rings is 2. The van der Waals surface area contributed by atoms with Gasteiger partial charge >= 0.3 is 5.97 Å². The number of likely N-dealkylation sites (tertiary alicyclic amines) is 1. The first-order valence-corrected chi connectivity index (χ1v) is 19.4. The van der Waals surface area contributed by atoms with Gasteiger partial charge in [0.15, 0.2) is 5.78 Å². The molecule has 0 unspecified atom stereocenters. The molecule has 2 saturated carbocycles. The number of ketones is 1. The summed E-state index contributed by atoms with van der Waals surface area (Å²) < 4.78 is 5.06. The van der Waals surface area contributed by atoms with Crippen LogP contribution in [0.2, 0.25) is 0 Å². The predicted octanol–water partition coefficient (Wildman–Crippen LogP) is 5.77. The van der Waals surface area contributed by atoms with Gasteiger partial charge in [-0.2, -0.15) is 0 Å². The number of aliphatic hydroxyl groups is 2. The van der Waals surface area contributed by atoms with Crippen molar-refractivity contribution in [2.45, 2.75) is 96.4 Å². The molecule has 7 rings (SSSR count). The molecular weight excluding hydrogens is 695 g/mol.